The lowest BCUT2D eigenvalue weighted by Gasteiger charge is -1.99. The van der Waals surface area contributed by atoms with Gasteiger partial charge in [-0.2, -0.15) is 0 Å². The molecule has 1 fully saturated rings. The number of aliphatic imine (C=N–C) groups is 1. The van der Waals surface area contributed by atoms with Crippen molar-refractivity contribution in [1.82, 2.24) is 9.88 Å². The summed E-state index contributed by atoms with van der Waals surface area (Å²) in [5.74, 6) is -0.227. The van der Waals surface area contributed by atoms with Crippen LogP contribution in [0, 0.1) is 0 Å². The second-order valence-corrected chi connectivity index (χ2v) is 6.28. The molecular formula is C16H12ClN3O2S. The Hall–Kier alpha value is -2.31. The van der Waals surface area contributed by atoms with Crippen molar-refractivity contribution in [1.29, 1.82) is 0 Å². The van der Waals surface area contributed by atoms with Crippen molar-refractivity contribution < 1.29 is 4.79 Å². The lowest BCUT2D eigenvalue weighted by Crippen LogP contribution is -2.19. The van der Waals surface area contributed by atoms with Gasteiger partial charge >= 0.3 is 0 Å². The summed E-state index contributed by atoms with van der Waals surface area (Å²) in [6.07, 6.45) is 3.39. The molecular weight excluding hydrogens is 334 g/mol. The zero-order valence-corrected chi connectivity index (χ0v) is 13.7. The average Bonchev–Trinajstić information content (AvgIpc) is 2.85. The summed E-state index contributed by atoms with van der Waals surface area (Å²) in [6.45, 7) is 0. The topological polar surface area (TPSA) is 63.5 Å². The number of amides is 1. The molecule has 1 N–H and O–H groups in total. The molecule has 0 radical (unpaired) electrons. The number of thioether (sulfide) groups is 1. The summed E-state index contributed by atoms with van der Waals surface area (Å²) >= 11 is 7.29. The highest BCUT2D eigenvalue weighted by Crippen LogP contribution is 2.30. The molecule has 2 heterocycles. The minimum Gasteiger partial charge on any atom is -0.318 e. The molecule has 0 bridgehead atoms. The third-order valence-electron chi connectivity index (χ3n) is 3.13. The zero-order chi connectivity index (χ0) is 16.4. The number of benzene rings is 1. The Morgan fingerprint density at radius 3 is 2.74 bits per heavy atom. The third-order valence-corrected chi connectivity index (χ3v) is 4.36. The van der Waals surface area contributed by atoms with Gasteiger partial charge in [-0.25, -0.2) is 4.99 Å². The molecule has 1 aromatic heterocycles. The van der Waals surface area contributed by atoms with Crippen molar-refractivity contribution in [2.75, 3.05) is 0 Å². The molecule has 0 spiro atoms. The fourth-order valence-corrected chi connectivity index (χ4v) is 3.00. The number of aryl methyl sites for hydroxylation is 1. The van der Waals surface area contributed by atoms with E-state index < -0.39 is 0 Å². The van der Waals surface area contributed by atoms with E-state index in [2.05, 4.69) is 10.3 Å². The third kappa shape index (κ3) is 3.55. The van der Waals surface area contributed by atoms with Gasteiger partial charge in [-0.05, 0) is 41.6 Å². The SMILES string of the molecule is Cn1cc(/C=C2\S/C(=N\c3ccccc3Cl)NC2=O)ccc1=O. The van der Waals surface area contributed by atoms with Gasteiger partial charge < -0.3 is 9.88 Å². The molecule has 0 atom stereocenters. The molecule has 0 saturated carbocycles. The molecule has 1 aromatic carbocycles. The number of carbonyl (C=O) groups excluding carboxylic acids is 1. The monoisotopic (exact) mass is 345 g/mol. The highest BCUT2D eigenvalue weighted by Gasteiger charge is 2.24. The molecule has 0 aliphatic carbocycles. The number of nitrogens with zero attached hydrogens (tertiary/aromatic N) is 2. The average molecular weight is 346 g/mol. The minimum atomic E-state index is -0.227. The van der Waals surface area contributed by atoms with Gasteiger partial charge in [0.1, 0.15) is 0 Å². The lowest BCUT2D eigenvalue weighted by atomic mass is 10.2. The number of halogens is 1. The molecule has 1 amide bonds. The van der Waals surface area contributed by atoms with E-state index in [1.165, 1.54) is 22.4 Å². The van der Waals surface area contributed by atoms with Crippen LogP contribution in [-0.2, 0) is 11.8 Å². The van der Waals surface area contributed by atoms with Crippen LogP contribution in [0.2, 0.25) is 5.02 Å². The van der Waals surface area contributed by atoms with Gasteiger partial charge in [0.15, 0.2) is 5.17 Å². The van der Waals surface area contributed by atoms with E-state index in [9.17, 15) is 9.59 Å². The van der Waals surface area contributed by atoms with Crippen LogP contribution in [-0.4, -0.2) is 15.6 Å². The molecule has 7 heteroatoms. The van der Waals surface area contributed by atoms with Crippen LogP contribution in [0.15, 0.2) is 57.3 Å². The second kappa shape index (κ2) is 6.44. The molecule has 2 aromatic rings. The Labute approximate surface area is 141 Å². The van der Waals surface area contributed by atoms with E-state index >= 15 is 0 Å². The number of para-hydroxylation sites is 1. The van der Waals surface area contributed by atoms with Gasteiger partial charge in [-0.15, -0.1) is 0 Å². The first-order valence-electron chi connectivity index (χ1n) is 6.74. The van der Waals surface area contributed by atoms with Crippen molar-refractivity contribution in [3.63, 3.8) is 0 Å². The standard InChI is InChI=1S/C16H12ClN3O2S/c1-20-9-10(6-7-14(20)21)8-13-15(22)19-16(23-13)18-12-5-3-2-4-11(12)17/h2-9H,1H3,(H,18,19,22)/b13-8-. The summed E-state index contributed by atoms with van der Waals surface area (Å²) in [7, 11) is 1.66. The predicted molar refractivity (Wildman–Crippen MR) is 93.9 cm³/mol. The van der Waals surface area contributed by atoms with Crippen LogP contribution in [0.3, 0.4) is 0 Å². The number of pyridine rings is 1. The number of amidine groups is 1. The molecule has 5 nitrogen and oxygen atoms in total. The van der Waals surface area contributed by atoms with Gasteiger partial charge in [0.25, 0.3) is 5.91 Å². The Morgan fingerprint density at radius 2 is 2.00 bits per heavy atom. The maximum Gasteiger partial charge on any atom is 0.264 e. The molecule has 1 saturated heterocycles. The molecule has 116 valence electrons. The number of carbonyl (C=O) groups is 1. The number of aromatic nitrogens is 1. The normalized spacial score (nSPS) is 17.7. The van der Waals surface area contributed by atoms with Crippen molar-refractivity contribution in [2.45, 2.75) is 0 Å². The largest absolute Gasteiger partial charge is 0.318 e. The van der Waals surface area contributed by atoms with Crippen molar-refractivity contribution >= 4 is 46.2 Å². The van der Waals surface area contributed by atoms with Gasteiger partial charge in [0.2, 0.25) is 5.56 Å². The van der Waals surface area contributed by atoms with E-state index in [1.54, 1.807) is 37.5 Å². The summed E-state index contributed by atoms with van der Waals surface area (Å²) in [5.41, 5.74) is 1.26. The Balaban J connectivity index is 1.88. The van der Waals surface area contributed by atoms with Crippen molar-refractivity contribution in [3.05, 3.63) is 68.4 Å². The van der Waals surface area contributed by atoms with E-state index in [-0.39, 0.29) is 11.5 Å². The van der Waals surface area contributed by atoms with Gasteiger partial charge in [-0.3, -0.25) is 9.59 Å². The van der Waals surface area contributed by atoms with Gasteiger partial charge in [0, 0.05) is 19.3 Å². The maximum atomic E-state index is 12.0. The van der Waals surface area contributed by atoms with Crippen LogP contribution in [0.5, 0.6) is 0 Å². The fourth-order valence-electron chi connectivity index (χ4n) is 1.98. The highest BCUT2D eigenvalue weighted by atomic mass is 35.5. The van der Waals surface area contributed by atoms with Crippen LogP contribution < -0.4 is 10.9 Å². The zero-order valence-electron chi connectivity index (χ0n) is 12.1. The lowest BCUT2D eigenvalue weighted by molar-refractivity contribution is -0.115. The summed E-state index contributed by atoms with van der Waals surface area (Å²) in [4.78, 5) is 28.3. The van der Waals surface area contributed by atoms with E-state index in [4.69, 9.17) is 11.6 Å². The summed E-state index contributed by atoms with van der Waals surface area (Å²) < 4.78 is 1.46. The van der Waals surface area contributed by atoms with E-state index in [1.807, 2.05) is 12.1 Å². The second-order valence-electron chi connectivity index (χ2n) is 4.84. The number of rotatable bonds is 2. The van der Waals surface area contributed by atoms with Crippen LogP contribution in [0.4, 0.5) is 5.69 Å². The molecule has 0 unspecified atom stereocenters. The van der Waals surface area contributed by atoms with Crippen molar-refractivity contribution in [2.24, 2.45) is 12.0 Å². The van der Waals surface area contributed by atoms with Crippen molar-refractivity contribution in [3.8, 4) is 0 Å². The highest BCUT2D eigenvalue weighted by molar-refractivity contribution is 8.18. The smallest absolute Gasteiger partial charge is 0.264 e. The van der Waals surface area contributed by atoms with Gasteiger partial charge in [0.05, 0.1) is 15.6 Å². The first-order valence-corrected chi connectivity index (χ1v) is 7.93. The molecule has 3 rings (SSSR count). The molecule has 1 aliphatic heterocycles. The molecule has 1 aliphatic rings. The van der Waals surface area contributed by atoms with Crippen LogP contribution in [0.1, 0.15) is 5.56 Å². The minimum absolute atomic E-state index is 0.100. The number of nitrogens with one attached hydrogen (secondary N) is 1. The number of hydrogen-bond acceptors (Lipinski definition) is 4. The Kier molecular flexibility index (Phi) is 4.36. The fraction of sp³-hybridized carbons (Fsp3) is 0.0625. The first kappa shape index (κ1) is 15.6. The Morgan fingerprint density at radius 1 is 1.22 bits per heavy atom. The summed E-state index contributed by atoms with van der Waals surface area (Å²) in [6, 6.07) is 10.3. The summed E-state index contributed by atoms with van der Waals surface area (Å²) in [5, 5.41) is 3.69. The van der Waals surface area contributed by atoms with Crippen LogP contribution in [0.25, 0.3) is 6.08 Å². The van der Waals surface area contributed by atoms with Crippen LogP contribution >= 0.6 is 23.4 Å². The molecule has 23 heavy (non-hydrogen) atoms. The first-order chi connectivity index (χ1) is 11.0. The Bertz CT molecular complexity index is 902. The predicted octanol–water partition coefficient (Wildman–Crippen LogP) is 2.93. The van der Waals surface area contributed by atoms with E-state index in [0.29, 0.717) is 20.8 Å². The maximum absolute atomic E-state index is 12.0. The van der Waals surface area contributed by atoms with Gasteiger partial charge in [-0.1, -0.05) is 23.7 Å². The van der Waals surface area contributed by atoms with E-state index in [0.717, 1.165) is 5.56 Å². The number of hydrogen-bond donors (Lipinski definition) is 1. The quantitative estimate of drug-likeness (QED) is 0.851.